The molecule has 1 atom stereocenters. The first-order chi connectivity index (χ1) is 8.69. The highest BCUT2D eigenvalue weighted by molar-refractivity contribution is 7.11. The van der Waals surface area contributed by atoms with E-state index in [9.17, 15) is 4.79 Å². The van der Waals surface area contributed by atoms with Crippen LogP contribution < -0.4 is 0 Å². The molecule has 4 nitrogen and oxygen atoms in total. The van der Waals surface area contributed by atoms with Crippen LogP contribution in [0.25, 0.3) is 0 Å². The number of thiazole rings is 1. The van der Waals surface area contributed by atoms with Crippen molar-refractivity contribution in [1.29, 1.82) is 0 Å². The van der Waals surface area contributed by atoms with Crippen LogP contribution in [0.4, 0.5) is 0 Å². The van der Waals surface area contributed by atoms with Gasteiger partial charge in [0.05, 0.1) is 17.5 Å². The molecule has 1 aliphatic heterocycles. The standard InChI is InChI=1S/C13H20N2O2S/c1-3-17-13(16)11-5-4-6-15(8-11)9-12-7-14-10(2)18-12/h7,11H,3-6,8-9H2,1-2H3/t11-/m0/s1. The van der Waals surface area contributed by atoms with Gasteiger partial charge in [0.1, 0.15) is 0 Å². The largest absolute Gasteiger partial charge is 0.466 e. The van der Waals surface area contributed by atoms with Crippen LogP contribution >= 0.6 is 11.3 Å². The lowest BCUT2D eigenvalue weighted by Crippen LogP contribution is -2.38. The molecule has 2 heterocycles. The highest BCUT2D eigenvalue weighted by Crippen LogP contribution is 2.21. The van der Waals surface area contributed by atoms with Gasteiger partial charge in [0.25, 0.3) is 0 Å². The van der Waals surface area contributed by atoms with E-state index in [0.29, 0.717) is 6.61 Å². The number of aromatic nitrogens is 1. The Morgan fingerprint density at radius 3 is 3.17 bits per heavy atom. The summed E-state index contributed by atoms with van der Waals surface area (Å²) in [7, 11) is 0. The van der Waals surface area contributed by atoms with Gasteiger partial charge in [0.2, 0.25) is 0 Å². The Morgan fingerprint density at radius 1 is 1.67 bits per heavy atom. The van der Waals surface area contributed by atoms with Gasteiger partial charge in [-0.2, -0.15) is 0 Å². The first-order valence-electron chi connectivity index (χ1n) is 6.49. The minimum atomic E-state index is -0.0392. The summed E-state index contributed by atoms with van der Waals surface area (Å²) in [5.74, 6) is 0.00963. The van der Waals surface area contributed by atoms with Crippen molar-refractivity contribution >= 4 is 17.3 Å². The first kappa shape index (κ1) is 13.5. The van der Waals surface area contributed by atoms with E-state index in [-0.39, 0.29) is 11.9 Å². The second kappa shape index (κ2) is 6.29. The van der Waals surface area contributed by atoms with Gasteiger partial charge in [-0.25, -0.2) is 4.98 Å². The minimum Gasteiger partial charge on any atom is -0.466 e. The van der Waals surface area contributed by atoms with Crippen molar-refractivity contribution in [2.75, 3.05) is 19.7 Å². The quantitative estimate of drug-likeness (QED) is 0.785. The van der Waals surface area contributed by atoms with Crippen LogP contribution in [-0.2, 0) is 16.1 Å². The fourth-order valence-electron chi connectivity index (χ4n) is 2.35. The molecular formula is C13H20N2O2S. The average Bonchev–Trinajstić information content (AvgIpc) is 2.75. The fraction of sp³-hybridized carbons (Fsp3) is 0.692. The first-order valence-corrected chi connectivity index (χ1v) is 7.31. The summed E-state index contributed by atoms with van der Waals surface area (Å²) in [4.78, 5) is 19.6. The van der Waals surface area contributed by atoms with Crippen LogP contribution in [0, 0.1) is 12.8 Å². The molecule has 0 spiro atoms. The number of nitrogens with zero attached hydrogens (tertiary/aromatic N) is 2. The zero-order chi connectivity index (χ0) is 13.0. The second-order valence-corrected chi connectivity index (χ2v) is 5.99. The molecule has 0 bridgehead atoms. The summed E-state index contributed by atoms with van der Waals surface area (Å²) in [6, 6.07) is 0. The Hall–Kier alpha value is -0.940. The molecule has 1 aromatic rings. The summed E-state index contributed by atoms with van der Waals surface area (Å²) in [5, 5.41) is 1.10. The van der Waals surface area contributed by atoms with E-state index in [0.717, 1.165) is 37.5 Å². The maximum absolute atomic E-state index is 11.7. The monoisotopic (exact) mass is 268 g/mol. The zero-order valence-corrected chi connectivity index (χ0v) is 11.8. The molecule has 0 aliphatic carbocycles. The van der Waals surface area contributed by atoms with Gasteiger partial charge in [0, 0.05) is 24.2 Å². The lowest BCUT2D eigenvalue weighted by Gasteiger charge is -2.30. The number of esters is 1. The average molecular weight is 268 g/mol. The normalized spacial score (nSPS) is 20.9. The summed E-state index contributed by atoms with van der Waals surface area (Å²) in [5.41, 5.74) is 0. The molecule has 1 fully saturated rings. The van der Waals surface area contributed by atoms with Crippen molar-refractivity contribution in [3.8, 4) is 0 Å². The maximum Gasteiger partial charge on any atom is 0.310 e. The van der Waals surface area contributed by atoms with E-state index in [2.05, 4.69) is 9.88 Å². The van der Waals surface area contributed by atoms with Crippen LogP contribution in [0.15, 0.2) is 6.20 Å². The zero-order valence-electron chi connectivity index (χ0n) is 11.0. The number of carbonyl (C=O) groups excluding carboxylic acids is 1. The van der Waals surface area contributed by atoms with Crippen LogP contribution in [0.1, 0.15) is 29.7 Å². The van der Waals surface area contributed by atoms with Crippen LogP contribution in [-0.4, -0.2) is 35.5 Å². The van der Waals surface area contributed by atoms with Gasteiger partial charge >= 0.3 is 5.97 Å². The molecule has 2 rings (SSSR count). The third kappa shape index (κ3) is 3.53. The van der Waals surface area contributed by atoms with E-state index >= 15 is 0 Å². The molecule has 0 radical (unpaired) electrons. The van der Waals surface area contributed by atoms with Gasteiger partial charge in [-0.15, -0.1) is 11.3 Å². The molecule has 5 heteroatoms. The van der Waals surface area contributed by atoms with Crippen molar-refractivity contribution in [1.82, 2.24) is 9.88 Å². The van der Waals surface area contributed by atoms with E-state index in [1.807, 2.05) is 20.0 Å². The smallest absolute Gasteiger partial charge is 0.310 e. The van der Waals surface area contributed by atoms with Crippen molar-refractivity contribution < 1.29 is 9.53 Å². The number of ether oxygens (including phenoxy) is 1. The maximum atomic E-state index is 11.7. The topological polar surface area (TPSA) is 42.4 Å². The molecule has 0 aromatic carbocycles. The molecule has 1 saturated heterocycles. The van der Waals surface area contributed by atoms with Crippen molar-refractivity contribution in [2.24, 2.45) is 5.92 Å². The molecular weight excluding hydrogens is 248 g/mol. The molecule has 0 saturated carbocycles. The Morgan fingerprint density at radius 2 is 2.50 bits per heavy atom. The van der Waals surface area contributed by atoms with Crippen molar-refractivity contribution in [3.05, 3.63) is 16.1 Å². The van der Waals surface area contributed by atoms with Gasteiger partial charge in [-0.1, -0.05) is 0 Å². The minimum absolute atomic E-state index is 0.0392. The van der Waals surface area contributed by atoms with E-state index in [1.165, 1.54) is 4.88 Å². The van der Waals surface area contributed by atoms with Gasteiger partial charge in [-0.3, -0.25) is 9.69 Å². The lowest BCUT2D eigenvalue weighted by atomic mass is 9.98. The Balaban J connectivity index is 1.88. The number of rotatable bonds is 4. The fourth-order valence-corrected chi connectivity index (χ4v) is 3.19. The van der Waals surface area contributed by atoms with Crippen LogP contribution in [0.5, 0.6) is 0 Å². The van der Waals surface area contributed by atoms with Gasteiger partial charge < -0.3 is 4.74 Å². The third-order valence-electron chi connectivity index (χ3n) is 3.17. The van der Waals surface area contributed by atoms with E-state index in [1.54, 1.807) is 11.3 Å². The highest BCUT2D eigenvalue weighted by Gasteiger charge is 2.26. The Kier molecular flexibility index (Phi) is 4.72. The molecule has 18 heavy (non-hydrogen) atoms. The number of likely N-dealkylation sites (tertiary alicyclic amines) is 1. The summed E-state index contributed by atoms with van der Waals surface area (Å²) in [6.07, 6.45) is 3.96. The van der Waals surface area contributed by atoms with E-state index < -0.39 is 0 Å². The SMILES string of the molecule is CCOC(=O)[C@H]1CCCN(Cc2cnc(C)s2)C1. The van der Waals surface area contributed by atoms with E-state index in [4.69, 9.17) is 4.74 Å². The molecule has 0 N–H and O–H groups in total. The van der Waals surface area contributed by atoms with Crippen LogP contribution in [0.3, 0.4) is 0 Å². The highest BCUT2D eigenvalue weighted by atomic mass is 32.1. The van der Waals surface area contributed by atoms with Crippen molar-refractivity contribution in [3.63, 3.8) is 0 Å². The number of piperidine rings is 1. The summed E-state index contributed by atoms with van der Waals surface area (Å²) < 4.78 is 5.11. The predicted octanol–water partition coefficient (Wildman–Crippen LogP) is 2.23. The molecule has 100 valence electrons. The Labute approximate surface area is 112 Å². The number of aryl methyl sites for hydroxylation is 1. The summed E-state index contributed by atoms with van der Waals surface area (Å²) >= 11 is 1.73. The van der Waals surface area contributed by atoms with Gasteiger partial charge in [0.15, 0.2) is 0 Å². The molecule has 0 unspecified atom stereocenters. The van der Waals surface area contributed by atoms with Crippen LogP contribution in [0.2, 0.25) is 0 Å². The number of carbonyl (C=O) groups is 1. The van der Waals surface area contributed by atoms with Crippen molar-refractivity contribution in [2.45, 2.75) is 33.2 Å². The molecule has 0 amide bonds. The molecule has 1 aromatic heterocycles. The number of hydrogen-bond acceptors (Lipinski definition) is 5. The second-order valence-electron chi connectivity index (χ2n) is 4.67. The predicted molar refractivity (Wildman–Crippen MR) is 71.5 cm³/mol. The van der Waals surface area contributed by atoms with Gasteiger partial charge in [-0.05, 0) is 33.2 Å². The third-order valence-corrected chi connectivity index (χ3v) is 4.07. The summed E-state index contributed by atoms with van der Waals surface area (Å²) in [6.45, 7) is 7.14. The number of hydrogen-bond donors (Lipinski definition) is 0. The molecule has 1 aliphatic rings. The Bertz CT molecular complexity index is 405. The lowest BCUT2D eigenvalue weighted by molar-refractivity contribution is -0.150.